The van der Waals surface area contributed by atoms with Crippen molar-refractivity contribution in [3.05, 3.63) is 53.0 Å². The summed E-state index contributed by atoms with van der Waals surface area (Å²) in [5, 5.41) is 8.23. The molecule has 2 amide bonds. The first-order chi connectivity index (χ1) is 10.6. The van der Waals surface area contributed by atoms with Crippen molar-refractivity contribution in [3.8, 4) is 0 Å². The number of allylic oxidation sites excluding steroid dienone is 2. The average molecular weight is 317 g/mol. The first-order valence-corrected chi connectivity index (χ1v) is 7.58. The molecule has 0 radical (unpaired) electrons. The number of thioether (sulfide) groups is 1. The van der Waals surface area contributed by atoms with Gasteiger partial charge in [-0.05, 0) is 29.8 Å². The zero-order valence-electron chi connectivity index (χ0n) is 11.8. The van der Waals surface area contributed by atoms with E-state index >= 15 is 0 Å². The van der Waals surface area contributed by atoms with E-state index in [1.54, 1.807) is 12.2 Å². The number of carboxylic acid groups (broad SMARTS) is 1. The molecule has 1 aliphatic rings. The van der Waals surface area contributed by atoms with E-state index in [0.717, 1.165) is 22.2 Å². The van der Waals surface area contributed by atoms with Crippen molar-refractivity contribution in [2.24, 2.45) is 0 Å². The van der Waals surface area contributed by atoms with Crippen LogP contribution in [0.3, 0.4) is 0 Å². The van der Waals surface area contributed by atoms with E-state index in [2.05, 4.69) is 0 Å². The first-order valence-electron chi connectivity index (χ1n) is 6.77. The normalized spacial score (nSPS) is 16.9. The number of amides is 2. The molecule has 0 saturated carbocycles. The van der Waals surface area contributed by atoms with Crippen LogP contribution in [0.2, 0.25) is 0 Å². The van der Waals surface area contributed by atoms with Gasteiger partial charge in [0.05, 0.1) is 4.91 Å². The topological polar surface area (TPSA) is 74.7 Å². The molecule has 0 aliphatic carbocycles. The molecule has 1 aromatic carbocycles. The molecule has 0 unspecified atom stereocenters. The molecule has 5 nitrogen and oxygen atoms in total. The summed E-state index contributed by atoms with van der Waals surface area (Å²) in [6.07, 6.45) is 5.38. The van der Waals surface area contributed by atoms with E-state index in [1.165, 1.54) is 0 Å². The monoisotopic (exact) mass is 317 g/mol. The number of aliphatic carboxylic acids is 1. The van der Waals surface area contributed by atoms with E-state index in [-0.39, 0.29) is 30.5 Å². The summed E-state index contributed by atoms with van der Waals surface area (Å²) in [5.41, 5.74) is 0.999. The van der Waals surface area contributed by atoms with Crippen LogP contribution in [-0.2, 0) is 9.59 Å². The van der Waals surface area contributed by atoms with Crippen molar-refractivity contribution in [1.29, 1.82) is 0 Å². The molecular weight excluding hydrogens is 302 g/mol. The van der Waals surface area contributed by atoms with E-state index in [1.807, 2.05) is 36.4 Å². The fourth-order valence-electron chi connectivity index (χ4n) is 1.91. The third-order valence-corrected chi connectivity index (χ3v) is 3.91. The molecule has 0 spiro atoms. The van der Waals surface area contributed by atoms with Gasteiger partial charge in [0, 0.05) is 13.0 Å². The van der Waals surface area contributed by atoms with Gasteiger partial charge in [-0.15, -0.1) is 0 Å². The molecule has 22 heavy (non-hydrogen) atoms. The highest BCUT2D eigenvalue weighted by Crippen LogP contribution is 2.30. The maximum absolute atomic E-state index is 12.1. The molecule has 1 heterocycles. The van der Waals surface area contributed by atoms with Gasteiger partial charge in [-0.2, -0.15) is 0 Å². The molecular formula is C16H15NO4S. The van der Waals surface area contributed by atoms with Gasteiger partial charge < -0.3 is 5.11 Å². The summed E-state index contributed by atoms with van der Waals surface area (Å²) >= 11 is 0.876. The lowest BCUT2D eigenvalue weighted by atomic mass is 10.2. The largest absolute Gasteiger partial charge is 0.481 e. The van der Waals surface area contributed by atoms with Crippen molar-refractivity contribution < 1.29 is 19.5 Å². The number of hydrogen-bond donors (Lipinski definition) is 1. The molecule has 1 aromatic rings. The summed E-state index contributed by atoms with van der Waals surface area (Å²) < 4.78 is 0. The van der Waals surface area contributed by atoms with E-state index in [4.69, 9.17) is 5.11 Å². The predicted octanol–water partition coefficient (Wildman–Crippen LogP) is 3.14. The Morgan fingerprint density at radius 1 is 1.23 bits per heavy atom. The van der Waals surface area contributed by atoms with Crippen molar-refractivity contribution in [2.75, 3.05) is 6.54 Å². The second-order valence-corrected chi connectivity index (χ2v) is 5.62. The average Bonchev–Trinajstić information content (AvgIpc) is 2.76. The molecule has 1 aliphatic heterocycles. The Bertz CT molecular complexity index is 637. The van der Waals surface area contributed by atoms with Gasteiger partial charge in [0.1, 0.15) is 0 Å². The van der Waals surface area contributed by atoms with Gasteiger partial charge in [-0.3, -0.25) is 19.3 Å². The van der Waals surface area contributed by atoms with E-state index in [9.17, 15) is 14.4 Å². The van der Waals surface area contributed by atoms with Crippen LogP contribution in [0.4, 0.5) is 4.79 Å². The molecule has 114 valence electrons. The Morgan fingerprint density at radius 3 is 2.64 bits per heavy atom. The van der Waals surface area contributed by atoms with Crippen molar-refractivity contribution in [1.82, 2.24) is 4.90 Å². The number of carbonyl (C=O) groups excluding carboxylic acids is 2. The minimum atomic E-state index is -0.937. The molecule has 6 heteroatoms. The number of nitrogens with zero attached hydrogens (tertiary/aromatic N) is 1. The minimum Gasteiger partial charge on any atom is -0.481 e. The van der Waals surface area contributed by atoms with Crippen molar-refractivity contribution in [2.45, 2.75) is 12.8 Å². The summed E-state index contributed by atoms with van der Waals surface area (Å²) in [4.78, 5) is 35.7. The quantitative estimate of drug-likeness (QED) is 0.816. The SMILES string of the molecule is O=C(O)CCCN1C(=O)S/C(=C/C=Cc2ccccc2)C1=O. The van der Waals surface area contributed by atoms with Gasteiger partial charge in [-0.25, -0.2) is 0 Å². The first kappa shape index (κ1) is 16.0. The van der Waals surface area contributed by atoms with Crippen LogP contribution in [0.15, 0.2) is 47.4 Å². The zero-order valence-corrected chi connectivity index (χ0v) is 12.6. The summed E-state index contributed by atoms with van der Waals surface area (Å²) in [6.45, 7) is 0.136. The Morgan fingerprint density at radius 2 is 1.95 bits per heavy atom. The second kappa shape index (κ2) is 7.61. The predicted molar refractivity (Wildman–Crippen MR) is 85.1 cm³/mol. The Labute approximate surface area is 132 Å². The maximum atomic E-state index is 12.1. The number of hydrogen-bond acceptors (Lipinski definition) is 4. The van der Waals surface area contributed by atoms with Gasteiger partial charge in [-0.1, -0.05) is 42.5 Å². The summed E-state index contributed by atoms with van der Waals surface area (Å²) in [6, 6.07) is 9.61. The molecule has 0 bridgehead atoms. The number of rotatable bonds is 6. The Kier molecular flexibility index (Phi) is 5.55. The number of carboxylic acids is 1. The highest BCUT2D eigenvalue weighted by atomic mass is 32.2. The lowest BCUT2D eigenvalue weighted by molar-refractivity contribution is -0.137. The van der Waals surface area contributed by atoms with Gasteiger partial charge >= 0.3 is 5.97 Å². The minimum absolute atomic E-state index is 0.0608. The summed E-state index contributed by atoms with van der Waals surface area (Å²) in [7, 11) is 0. The highest BCUT2D eigenvalue weighted by Gasteiger charge is 2.34. The van der Waals surface area contributed by atoms with Crippen LogP contribution in [-0.4, -0.2) is 33.7 Å². The van der Waals surface area contributed by atoms with Crippen LogP contribution >= 0.6 is 11.8 Å². The number of benzene rings is 1. The Hall–Kier alpha value is -2.34. The van der Waals surface area contributed by atoms with Crippen LogP contribution in [0.25, 0.3) is 6.08 Å². The molecule has 0 aromatic heterocycles. The fourth-order valence-corrected chi connectivity index (χ4v) is 2.72. The Balaban J connectivity index is 1.97. The van der Waals surface area contributed by atoms with Gasteiger partial charge in [0.25, 0.3) is 11.1 Å². The van der Waals surface area contributed by atoms with Crippen LogP contribution < -0.4 is 0 Å². The van der Waals surface area contributed by atoms with Crippen molar-refractivity contribution >= 4 is 35.0 Å². The smallest absolute Gasteiger partial charge is 0.303 e. The van der Waals surface area contributed by atoms with E-state index < -0.39 is 5.97 Å². The third kappa shape index (κ3) is 4.33. The van der Waals surface area contributed by atoms with E-state index in [0.29, 0.717) is 4.91 Å². The summed E-state index contributed by atoms with van der Waals surface area (Å²) in [5.74, 6) is -1.30. The zero-order chi connectivity index (χ0) is 15.9. The molecule has 1 fully saturated rings. The van der Waals surface area contributed by atoms with Gasteiger partial charge in [0.2, 0.25) is 0 Å². The van der Waals surface area contributed by atoms with Crippen molar-refractivity contribution in [3.63, 3.8) is 0 Å². The maximum Gasteiger partial charge on any atom is 0.303 e. The molecule has 2 rings (SSSR count). The number of imide groups is 1. The van der Waals surface area contributed by atoms with Crippen LogP contribution in [0, 0.1) is 0 Å². The molecule has 0 atom stereocenters. The number of carbonyl (C=O) groups is 3. The second-order valence-electron chi connectivity index (χ2n) is 4.62. The third-order valence-electron chi connectivity index (χ3n) is 2.98. The van der Waals surface area contributed by atoms with Crippen LogP contribution in [0.5, 0.6) is 0 Å². The lowest BCUT2D eigenvalue weighted by Gasteiger charge is -2.10. The molecule has 1 saturated heterocycles. The fraction of sp³-hybridized carbons (Fsp3) is 0.188. The van der Waals surface area contributed by atoms with Gasteiger partial charge in [0.15, 0.2) is 0 Å². The standard InChI is InChI=1S/C16H15NO4S/c18-14(19)10-5-11-17-15(20)13(22-16(17)21)9-4-8-12-6-2-1-3-7-12/h1-4,6-9H,5,10-11H2,(H,18,19)/b8-4?,13-9+. The lowest BCUT2D eigenvalue weighted by Crippen LogP contribution is -2.29. The van der Waals surface area contributed by atoms with Crippen LogP contribution in [0.1, 0.15) is 18.4 Å². The molecule has 1 N–H and O–H groups in total. The highest BCUT2D eigenvalue weighted by molar-refractivity contribution is 8.18.